The summed E-state index contributed by atoms with van der Waals surface area (Å²) >= 11 is 0. The molecule has 0 bridgehead atoms. The van der Waals surface area contributed by atoms with Crippen LogP contribution in [0.3, 0.4) is 0 Å². The summed E-state index contributed by atoms with van der Waals surface area (Å²) in [4.78, 5) is 12.3. The van der Waals surface area contributed by atoms with Crippen LogP contribution in [0.5, 0.6) is 0 Å². The summed E-state index contributed by atoms with van der Waals surface area (Å²) in [6.07, 6.45) is 3.54. The molecule has 0 spiro atoms. The molecular weight excluding hydrogens is 290 g/mol. The molecule has 6 heteroatoms. The van der Waals surface area contributed by atoms with E-state index in [4.69, 9.17) is 10.2 Å². The second-order valence-corrected chi connectivity index (χ2v) is 5.00. The van der Waals surface area contributed by atoms with Crippen molar-refractivity contribution in [1.82, 2.24) is 15.0 Å². The van der Waals surface area contributed by atoms with Crippen molar-refractivity contribution < 1.29 is 4.42 Å². The van der Waals surface area contributed by atoms with E-state index < -0.39 is 0 Å². The third-order valence-electron chi connectivity index (χ3n) is 3.32. The van der Waals surface area contributed by atoms with Gasteiger partial charge in [0.25, 0.3) is 0 Å². The van der Waals surface area contributed by atoms with Crippen molar-refractivity contribution >= 4 is 16.9 Å². The normalized spacial score (nSPS) is 10.4. The third kappa shape index (κ3) is 4.32. The molecule has 0 aromatic carbocycles. The second kappa shape index (κ2) is 8.33. The van der Waals surface area contributed by atoms with Gasteiger partial charge in [-0.25, -0.2) is 9.97 Å². The van der Waals surface area contributed by atoms with E-state index in [9.17, 15) is 0 Å². The fourth-order valence-electron chi connectivity index (χ4n) is 2.32. The van der Waals surface area contributed by atoms with Crippen molar-refractivity contribution in [1.29, 1.82) is 0 Å². The lowest BCUT2D eigenvalue weighted by Crippen LogP contribution is -2.02. The van der Waals surface area contributed by atoms with E-state index >= 15 is 0 Å². The van der Waals surface area contributed by atoms with Crippen LogP contribution in [-0.2, 0) is 13.0 Å². The first-order valence-electron chi connectivity index (χ1n) is 8.09. The summed E-state index contributed by atoms with van der Waals surface area (Å²) in [6, 6.07) is 5.90. The number of rotatable bonds is 6. The smallest absolute Gasteiger partial charge is 0.143 e. The Morgan fingerprint density at radius 1 is 1.30 bits per heavy atom. The largest absolute Gasteiger partial charge is 0.467 e. The molecule has 0 unspecified atom stereocenters. The lowest BCUT2D eigenvalue weighted by Gasteiger charge is -2.05. The zero-order chi connectivity index (χ0) is 16.7. The van der Waals surface area contributed by atoms with Gasteiger partial charge in [0, 0.05) is 5.69 Å². The maximum atomic E-state index is 5.56. The molecule has 124 valence electrons. The number of aromatic nitrogens is 3. The monoisotopic (exact) mass is 315 g/mol. The summed E-state index contributed by atoms with van der Waals surface area (Å²) in [7, 11) is 0. The van der Waals surface area contributed by atoms with Crippen LogP contribution in [0.4, 0.5) is 5.82 Å². The standard InChI is InChI=1S/C15H19N5O.C2H6/c1-10-18-14(17-9-12-5-3-7-21-12)13-8-11(4-2-6-16)20-15(13)19-10;1-2/h3,5,7-8H,2,4,6,9,16H2,1H3,(H2,17,18,19,20);1-2H3. The van der Waals surface area contributed by atoms with Gasteiger partial charge in [-0.15, -0.1) is 0 Å². The molecule has 0 atom stereocenters. The van der Waals surface area contributed by atoms with Crippen LogP contribution >= 0.6 is 0 Å². The van der Waals surface area contributed by atoms with Crippen LogP contribution in [0.2, 0.25) is 0 Å². The summed E-state index contributed by atoms with van der Waals surface area (Å²) in [5.41, 5.74) is 7.56. The fraction of sp³-hybridized carbons (Fsp3) is 0.412. The van der Waals surface area contributed by atoms with E-state index in [1.807, 2.05) is 32.9 Å². The number of nitrogens with zero attached hydrogens (tertiary/aromatic N) is 2. The van der Waals surface area contributed by atoms with E-state index in [-0.39, 0.29) is 0 Å². The summed E-state index contributed by atoms with van der Waals surface area (Å²) in [5.74, 6) is 2.43. The van der Waals surface area contributed by atoms with Gasteiger partial charge in [-0.2, -0.15) is 0 Å². The van der Waals surface area contributed by atoms with Crippen molar-refractivity contribution in [3.8, 4) is 0 Å². The topological polar surface area (TPSA) is 92.8 Å². The number of fused-ring (bicyclic) bond motifs is 1. The van der Waals surface area contributed by atoms with E-state index in [1.54, 1.807) is 6.26 Å². The van der Waals surface area contributed by atoms with E-state index in [0.717, 1.165) is 47.0 Å². The first-order valence-corrected chi connectivity index (χ1v) is 8.09. The highest BCUT2D eigenvalue weighted by Crippen LogP contribution is 2.22. The summed E-state index contributed by atoms with van der Waals surface area (Å²) in [5, 5.41) is 4.31. The van der Waals surface area contributed by atoms with Gasteiger partial charge in [-0.3, -0.25) is 0 Å². The maximum absolute atomic E-state index is 5.56. The molecule has 0 aliphatic rings. The number of hydrogen-bond donors (Lipinski definition) is 3. The Labute approximate surface area is 136 Å². The number of aromatic amines is 1. The van der Waals surface area contributed by atoms with Gasteiger partial charge < -0.3 is 20.5 Å². The second-order valence-electron chi connectivity index (χ2n) is 5.00. The Balaban J connectivity index is 0.000000924. The minimum Gasteiger partial charge on any atom is -0.467 e. The minimum absolute atomic E-state index is 0.599. The Morgan fingerprint density at radius 3 is 2.83 bits per heavy atom. The van der Waals surface area contributed by atoms with Gasteiger partial charge in [0.1, 0.15) is 23.0 Å². The van der Waals surface area contributed by atoms with Crippen LogP contribution in [0.1, 0.15) is 37.5 Å². The van der Waals surface area contributed by atoms with E-state index in [2.05, 4.69) is 26.3 Å². The average Bonchev–Trinajstić information content (AvgIpc) is 3.21. The first kappa shape index (κ1) is 17.0. The number of H-pyrrole nitrogens is 1. The summed E-state index contributed by atoms with van der Waals surface area (Å²) < 4.78 is 5.33. The van der Waals surface area contributed by atoms with Crippen LogP contribution in [0.15, 0.2) is 28.9 Å². The zero-order valence-corrected chi connectivity index (χ0v) is 14.0. The molecule has 0 saturated carbocycles. The van der Waals surface area contributed by atoms with Crippen LogP contribution in [-0.4, -0.2) is 21.5 Å². The van der Waals surface area contributed by atoms with Crippen LogP contribution in [0.25, 0.3) is 11.0 Å². The molecule has 3 aromatic heterocycles. The number of furan rings is 1. The lowest BCUT2D eigenvalue weighted by molar-refractivity contribution is 0.518. The van der Waals surface area contributed by atoms with Crippen molar-refractivity contribution in [3.05, 3.63) is 41.7 Å². The number of hydrogen-bond acceptors (Lipinski definition) is 5. The Bertz CT molecular complexity index is 718. The number of nitrogens with two attached hydrogens (primary N) is 1. The summed E-state index contributed by atoms with van der Waals surface area (Å²) in [6.45, 7) is 7.17. The van der Waals surface area contributed by atoms with Gasteiger partial charge in [0.05, 0.1) is 18.2 Å². The fourth-order valence-corrected chi connectivity index (χ4v) is 2.32. The molecule has 0 radical (unpaired) electrons. The predicted octanol–water partition coefficient (Wildman–Crippen LogP) is 3.39. The van der Waals surface area contributed by atoms with Gasteiger partial charge in [-0.05, 0) is 44.5 Å². The first-order chi connectivity index (χ1) is 11.3. The molecule has 0 aliphatic heterocycles. The SMILES string of the molecule is CC.Cc1nc(NCc2ccco2)c2cc(CCCN)[nH]c2n1. The molecule has 0 amide bonds. The average molecular weight is 315 g/mol. The van der Waals surface area contributed by atoms with Crippen molar-refractivity contribution in [3.63, 3.8) is 0 Å². The minimum atomic E-state index is 0.599. The van der Waals surface area contributed by atoms with Gasteiger partial charge >= 0.3 is 0 Å². The number of anilines is 1. The number of aryl methyl sites for hydroxylation is 2. The van der Waals surface area contributed by atoms with Crippen molar-refractivity contribution in [2.75, 3.05) is 11.9 Å². The van der Waals surface area contributed by atoms with Gasteiger partial charge in [0.15, 0.2) is 0 Å². The highest BCUT2D eigenvalue weighted by molar-refractivity contribution is 5.87. The Morgan fingerprint density at radius 2 is 2.13 bits per heavy atom. The number of nitrogens with one attached hydrogen (secondary N) is 2. The molecule has 0 saturated heterocycles. The molecular formula is C17H25N5O. The molecule has 3 aromatic rings. The molecule has 0 aliphatic carbocycles. The Kier molecular flexibility index (Phi) is 6.17. The zero-order valence-electron chi connectivity index (χ0n) is 14.0. The maximum Gasteiger partial charge on any atom is 0.143 e. The molecule has 4 N–H and O–H groups in total. The third-order valence-corrected chi connectivity index (χ3v) is 3.32. The Hall–Kier alpha value is -2.34. The van der Waals surface area contributed by atoms with Gasteiger partial charge in [0.2, 0.25) is 0 Å². The molecule has 6 nitrogen and oxygen atoms in total. The predicted molar refractivity (Wildman–Crippen MR) is 93.4 cm³/mol. The van der Waals surface area contributed by atoms with Crippen LogP contribution in [0, 0.1) is 6.92 Å². The quantitative estimate of drug-likeness (QED) is 0.648. The van der Waals surface area contributed by atoms with Gasteiger partial charge in [-0.1, -0.05) is 13.8 Å². The van der Waals surface area contributed by atoms with E-state index in [1.165, 1.54) is 0 Å². The molecule has 3 rings (SSSR count). The van der Waals surface area contributed by atoms with Crippen molar-refractivity contribution in [2.45, 2.75) is 40.2 Å². The molecule has 3 heterocycles. The van der Waals surface area contributed by atoms with Crippen LogP contribution < -0.4 is 11.1 Å². The van der Waals surface area contributed by atoms with E-state index in [0.29, 0.717) is 13.1 Å². The highest BCUT2D eigenvalue weighted by Gasteiger charge is 2.10. The molecule has 0 fully saturated rings. The lowest BCUT2D eigenvalue weighted by atomic mass is 10.2. The van der Waals surface area contributed by atoms with Crippen molar-refractivity contribution in [2.24, 2.45) is 5.73 Å². The highest BCUT2D eigenvalue weighted by atomic mass is 16.3. The molecule has 23 heavy (non-hydrogen) atoms.